The van der Waals surface area contributed by atoms with E-state index in [9.17, 15) is 0 Å². The number of anilines is 4. The van der Waals surface area contributed by atoms with Gasteiger partial charge in [0.1, 0.15) is 0 Å². The average Bonchev–Trinajstić information content (AvgIpc) is 2.66. The maximum absolute atomic E-state index is 6.11. The van der Waals surface area contributed by atoms with E-state index in [4.69, 9.17) is 11.6 Å². The fourth-order valence-electron chi connectivity index (χ4n) is 2.63. The van der Waals surface area contributed by atoms with Crippen LogP contribution in [0.1, 0.15) is 11.1 Å². The quantitative estimate of drug-likeness (QED) is 0.511. The van der Waals surface area contributed by atoms with Crippen LogP contribution in [-0.2, 0) is 0 Å². The van der Waals surface area contributed by atoms with Crippen LogP contribution in [0, 0.1) is 13.8 Å². The Kier molecular flexibility index (Phi) is 4.56. The van der Waals surface area contributed by atoms with E-state index in [-0.39, 0.29) is 0 Å². The molecule has 0 spiro atoms. The van der Waals surface area contributed by atoms with Crippen molar-refractivity contribution in [1.29, 1.82) is 0 Å². The fraction of sp³-hybridized carbons (Fsp3) is 0.100. The Morgan fingerprint density at radius 2 is 1.63 bits per heavy atom. The molecule has 0 aliphatic rings. The molecule has 2 heterocycles. The van der Waals surface area contributed by atoms with Gasteiger partial charge in [-0.2, -0.15) is 9.97 Å². The molecule has 0 fully saturated rings. The molecule has 2 aromatic heterocycles. The Bertz CT molecular complexity index is 1110. The summed E-state index contributed by atoms with van der Waals surface area (Å²) < 4.78 is 0. The first kappa shape index (κ1) is 17.2. The van der Waals surface area contributed by atoms with Gasteiger partial charge in [0.05, 0.1) is 0 Å². The van der Waals surface area contributed by atoms with Crippen LogP contribution < -0.4 is 10.6 Å². The molecule has 0 amide bonds. The lowest BCUT2D eigenvalue weighted by Gasteiger charge is -2.12. The van der Waals surface area contributed by atoms with Crippen molar-refractivity contribution < 1.29 is 0 Å². The first-order valence-electron chi connectivity index (χ1n) is 8.44. The van der Waals surface area contributed by atoms with Crippen molar-refractivity contribution >= 4 is 45.9 Å². The molecule has 0 atom stereocenters. The minimum atomic E-state index is 0.419. The monoisotopic (exact) mass is 376 g/mol. The van der Waals surface area contributed by atoms with Crippen molar-refractivity contribution in [2.45, 2.75) is 13.8 Å². The van der Waals surface area contributed by atoms with Crippen LogP contribution in [0.25, 0.3) is 11.2 Å². The average molecular weight is 377 g/mol. The van der Waals surface area contributed by atoms with E-state index in [1.54, 1.807) is 12.4 Å². The third kappa shape index (κ3) is 3.80. The van der Waals surface area contributed by atoms with E-state index < -0.39 is 0 Å². The minimum Gasteiger partial charge on any atom is -0.338 e. The number of fused-ring (bicyclic) bond motifs is 1. The van der Waals surface area contributed by atoms with Gasteiger partial charge >= 0.3 is 0 Å². The topological polar surface area (TPSA) is 75.6 Å². The van der Waals surface area contributed by atoms with Crippen LogP contribution in [-0.4, -0.2) is 19.9 Å². The van der Waals surface area contributed by atoms with E-state index in [1.807, 2.05) is 56.3 Å². The summed E-state index contributed by atoms with van der Waals surface area (Å²) in [6.45, 7) is 4.04. The van der Waals surface area contributed by atoms with Gasteiger partial charge in [0, 0.05) is 28.8 Å². The highest BCUT2D eigenvalue weighted by molar-refractivity contribution is 6.30. The second-order valence-electron chi connectivity index (χ2n) is 6.20. The Morgan fingerprint density at radius 3 is 2.44 bits per heavy atom. The van der Waals surface area contributed by atoms with Crippen molar-refractivity contribution in [2.24, 2.45) is 0 Å². The number of halogens is 1. The third-order valence-corrected chi connectivity index (χ3v) is 4.33. The van der Waals surface area contributed by atoms with Crippen molar-refractivity contribution in [3.05, 3.63) is 71.0 Å². The van der Waals surface area contributed by atoms with Crippen LogP contribution in [0.5, 0.6) is 0 Å². The molecule has 4 rings (SSSR count). The molecular formula is C20H17ClN6. The number of rotatable bonds is 4. The second kappa shape index (κ2) is 7.17. The van der Waals surface area contributed by atoms with Gasteiger partial charge < -0.3 is 10.6 Å². The maximum atomic E-state index is 6.11. The SMILES string of the molecule is Cc1ccc(Nc2nc(Nc3cc(Cl)ccc3C)nc3nccnc23)cc1. The maximum Gasteiger partial charge on any atom is 0.231 e. The molecule has 0 aliphatic heterocycles. The van der Waals surface area contributed by atoms with Gasteiger partial charge in [-0.15, -0.1) is 0 Å². The lowest BCUT2D eigenvalue weighted by molar-refractivity contribution is 1.14. The van der Waals surface area contributed by atoms with E-state index in [1.165, 1.54) is 5.56 Å². The predicted molar refractivity (Wildman–Crippen MR) is 109 cm³/mol. The van der Waals surface area contributed by atoms with Gasteiger partial charge in [-0.25, -0.2) is 9.97 Å². The van der Waals surface area contributed by atoms with Crippen LogP contribution in [0.3, 0.4) is 0 Å². The summed E-state index contributed by atoms with van der Waals surface area (Å²) in [6.07, 6.45) is 3.24. The summed E-state index contributed by atoms with van der Waals surface area (Å²) in [5.74, 6) is 1.00. The number of hydrogen-bond acceptors (Lipinski definition) is 6. The van der Waals surface area contributed by atoms with Gasteiger partial charge in [-0.3, -0.25) is 0 Å². The van der Waals surface area contributed by atoms with E-state index in [0.717, 1.165) is 16.9 Å². The van der Waals surface area contributed by atoms with Crippen molar-refractivity contribution in [2.75, 3.05) is 10.6 Å². The van der Waals surface area contributed by atoms with Crippen molar-refractivity contribution in [1.82, 2.24) is 19.9 Å². The molecule has 0 bridgehead atoms. The second-order valence-corrected chi connectivity index (χ2v) is 6.64. The number of nitrogens with one attached hydrogen (secondary N) is 2. The summed E-state index contributed by atoms with van der Waals surface area (Å²) in [4.78, 5) is 17.8. The molecule has 134 valence electrons. The van der Waals surface area contributed by atoms with Gasteiger partial charge in [-0.05, 0) is 43.7 Å². The number of aromatic nitrogens is 4. The van der Waals surface area contributed by atoms with Crippen LogP contribution in [0.2, 0.25) is 5.02 Å². The van der Waals surface area contributed by atoms with Gasteiger partial charge in [-0.1, -0.05) is 35.4 Å². The standard InChI is InChI=1S/C20H17ClN6/c1-12-3-7-15(8-4-12)24-19-17-18(23-10-9-22-17)26-20(27-19)25-16-11-14(21)6-5-13(16)2/h3-11H,1-2H3,(H2,23,24,25,26,27). The number of aryl methyl sites for hydroxylation is 2. The molecule has 7 heteroatoms. The summed E-state index contributed by atoms with van der Waals surface area (Å²) in [5, 5.41) is 7.17. The van der Waals surface area contributed by atoms with Crippen molar-refractivity contribution in [3.63, 3.8) is 0 Å². The predicted octanol–water partition coefficient (Wildman–Crippen LogP) is 5.18. The third-order valence-electron chi connectivity index (χ3n) is 4.09. The zero-order valence-electron chi connectivity index (χ0n) is 14.9. The molecule has 0 saturated heterocycles. The molecule has 0 unspecified atom stereocenters. The smallest absolute Gasteiger partial charge is 0.231 e. The van der Waals surface area contributed by atoms with Gasteiger partial charge in [0.2, 0.25) is 5.95 Å². The van der Waals surface area contributed by atoms with Gasteiger partial charge in [0.15, 0.2) is 17.0 Å². The minimum absolute atomic E-state index is 0.419. The van der Waals surface area contributed by atoms with Crippen LogP contribution >= 0.6 is 11.6 Å². The molecule has 6 nitrogen and oxygen atoms in total. The first-order chi connectivity index (χ1) is 13.1. The highest BCUT2D eigenvalue weighted by Crippen LogP contribution is 2.26. The van der Waals surface area contributed by atoms with E-state index >= 15 is 0 Å². The number of hydrogen-bond donors (Lipinski definition) is 2. The molecule has 0 aliphatic carbocycles. The largest absolute Gasteiger partial charge is 0.338 e. The summed E-state index contributed by atoms with van der Waals surface area (Å²) in [5.41, 5.74) is 5.08. The van der Waals surface area contributed by atoms with Crippen molar-refractivity contribution in [3.8, 4) is 0 Å². The fourth-order valence-corrected chi connectivity index (χ4v) is 2.80. The molecule has 27 heavy (non-hydrogen) atoms. The Balaban J connectivity index is 1.76. The molecule has 2 N–H and O–H groups in total. The van der Waals surface area contributed by atoms with E-state index in [2.05, 4.69) is 30.6 Å². The Labute approximate surface area is 161 Å². The summed E-state index contributed by atoms with van der Waals surface area (Å²) in [7, 11) is 0. The zero-order chi connectivity index (χ0) is 18.8. The molecule has 2 aromatic carbocycles. The lowest BCUT2D eigenvalue weighted by atomic mass is 10.2. The van der Waals surface area contributed by atoms with Gasteiger partial charge in [0.25, 0.3) is 0 Å². The molecule has 0 radical (unpaired) electrons. The number of nitrogens with zero attached hydrogens (tertiary/aromatic N) is 4. The van der Waals surface area contributed by atoms with Crippen LogP contribution in [0.15, 0.2) is 54.9 Å². The first-order valence-corrected chi connectivity index (χ1v) is 8.82. The zero-order valence-corrected chi connectivity index (χ0v) is 15.6. The Morgan fingerprint density at radius 1 is 0.852 bits per heavy atom. The van der Waals surface area contributed by atoms with E-state index in [0.29, 0.717) is 28.0 Å². The highest BCUT2D eigenvalue weighted by Gasteiger charge is 2.11. The Hall–Kier alpha value is -3.25. The molecule has 0 saturated carbocycles. The lowest BCUT2D eigenvalue weighted by Crippen LogP contribution is -2.04. The molecular weight excluding hydrogens is 360 g/mol. The van der Waals surface area contributed by atoms with Crippen LogP contribution in [0.4, 0.5) is 23.1 Å². The normalized spacial score (nSPS) is 10.8. The summed E-state index contributed by atoms with van der Waals surface area (Å²) in [6, 6.07) is 13.7. The highest BCUT2D eigenvalue weighted by atomic mass is 35.5. The number of benzene rings is 2. The molecule has 4 aromatic rings. The summed E-state index contributed by atoms with van der Waals surface area (Å²) >= 11 is 6.11.